The Balaban J connectivity index is 1.74. The maximum atomic E-state index is 14.2. The molecule has 2 atom stereocenters. The van der Waals surface area contributed by atoms with Gasteiger partial charge in [0.2, 0.25) is 0 Å². The molecule has 0 bridgehead atoms. The molecule has 0 aliphatic carbocycles. The summed E-state index contributed by atoms with van der Waals surface area (Å²) in [6.07, 6.45) is 2.07. The summed E-state index contributed by atoms with van der Waals surface area (Å²) >= 11 is 0. The van der Waals surface area contributed by atoms with Crippen LogP contribution in [0.1, 0.15) is 34.6 Å². The quantitative estimate of drug-likeness (QED) is 0.364. The number of rotatable bonds is 5. The first-order valence-corrected chi connectivity index (χ1v) is 13.5. The van der Waals surface area contributed by atoms with E-state index in [4.69, 9.17) is 0 Å². The van der Waals surface area contributed by atoms with Gasteiger partial charge in [-0.15, -0.1) is 0 Å². The minimum Gasteiger partial charge on any atom is -0.381 e. The number of hydrogen-bond acceptors (Lipinski definition) is 3. The second-order valence-corrected chi connectivity index (χ2v) is 11.2. The molecule has 36 heavy (non-hydrogen) atoms. The fourth-order valence-corrected chi connectivity index (χ4v) is 6.40. The van der Waals surface area contributed by atoms with Gasteiger partial charge in [-0.2, -0.15) is 0 Å². The smallest absolute Gasteiger partial charge is 0.264 e. The van der Waals surface area contributed by atoms with E-state index < -0.39 is 15.6 Å². The fourth-order valence-electron chi connectivity index (χ4n) is 4.87. The van der Waals surface area contributed by atoms with Gasteiger partial charge in [0.15, 0.2) is 0 Å². The van der Waals surface area contributed by atoms with Crippen molar-refractivity contribution in [2.75, 3.05) is 6.54 Å². The van der Waals surface area contributed by atoms with Crippen LogP contribution in [-0.2, 0) is 15.6 Å². The summed E-state index contributed by atoms with van der Waals surface area (Å²) in [5.74, 6) is -0.242. The van der Waals surface area contributed by atoms with Crippen molar-refractivity contribution in [3.05, 3.63) is 144 Å². The van der Waals surface area contributed by atoms with E-state index in [0.29, 0.717) is 12.1 Å². The fraction of sp³-hybridized carbons (Fsp3) is 0.161. The molecule has 0 radical (unpaired) electrons. The Morgan fingerprint density at radius 3 is 1.94 bits per heavy atom. The maximum Gasteiger partial charge on any atom is 0.264 e. The SMILES string of the molecule is Cc1ccc(S(=O)(=O)N2CC(c3ccccc3)C[C@](O)(c3ccccc3)C=C2c2ccccc2)cc1. The van der Waals surface area contributed by atoms with Crippen LogP contribution < -0.4 is 0 Å². The van der Waals surface area contributed by atoms with Crippen molar-refractivity contribution in [2.24, 2.45) is 0 Å². The van der Waals surface area contributed by atoms with Crippen LogP contribution in [0.2, 0.25) is 0 Å². The van der Waals surface area contributed by atoms with Gasteiger partial charge >= 0.3 is 0 Å². The van der Waals surface area contributed by atoms with Crippen molar-refractivity contribution >= 4 is 15.7 Å². The molecule has 4 nitrogen and oxygen atoms in total. The van der Waals surface area contributed by atoms with Crippen molar-refractivity contribution < 1.29 is 13.5 Å². The molecule has 182 valence electrons. The van der Waals surface area contributed by atoms with Crippen LogP contribution in [0.3, 0.4) is 0 Å². The van der Waals surface area contributed by atoms with Crippen LogP contribution in [0, 0.1) is 6.92 Å². The van der Waals surface area contributed by atoms with Crippen LogP contribution in [0.15, 0.2) is 126 Å². The molecule has 0 saturated carbocycles. The van der Waals surface area contributed by atoms with E-state index in [0.717, 1.165) is 22.3 Å². The minimum absolute atomic E-state index is 0.204. The Hall–Kier alpha value is -3.67. The summed E-state index contributed by atoms with van der Waals surface area (Å²) in [7, 11) is -3.92. The van der Waals surface area contributed by atoms with Gasteiger partial charge in [0.1, 0.15) is 5.60 Å². The number of nitrogens with zero attached hydrogens (tertiary/aromatic N) is 1. The second kappa shape index (κ2) is 9.76. The molecule has 0 amide bonds. The van der Waals surface area contributed by atoms with E-state index in [2.05, 4.69) is 0 Å². The van der Waals surface area contributed by atoms with Crippen LogP contribution in [0.25, 0.3) is 5.70 Å². The molecule has 4 aromatic carbocycles. The summed E-state index contributed by atoms with van der Waals surface area (Å²) in [5.41, 5.74) is 2.54. The van der Waals surface area contributed by atoms with Gasteiger partial charge in [0.25, 0.3) is 10.0 Å². The lowest BCUT2D eigenvalue weighted by molar-refractivity contribution is 0.0736. The molecule has 5 rings (SSSR count). The molecule has 1 N–H and O–H groups in total. The summed E-state index contributed by atoms with van der Waals surface area (Å²) in [6.45, 7) is 2.14. The van der Waals surface area contributed by atoms with Gasteiger partial charge in [-0.05, 0) is 48.2 Å². The third-order valence-electron chi connectivity index (χ3n) is 6.81. The van der Waals surface area contributed by atoms with E-state index in [1.54, 1.807) is 18.2 Å². The first-order valence-electron chi connectivity index (χ1n) is 12.1. The Morgan fingerprint density at radius 2 is 1.33 bits per heavy atom. The predicted molar refractivity (Wildman–Crippen MR) is 144 cm³/mol. The summed E-state index contributed by atoms with van der Waals surface area (Å²) < 4.78 is 29.8. The molecule has 1 aliphatic rings. The highest BCUT2D eigenvalue weighted by Crippen LogP contribution is 2.43. The van der Waals surface area contributed by atoms with E-state index >= 15 is 0 Å². The standard InChI is InChI=1S/C31H29NO3S/c1-24-17-19-29(20-18-24)36(34,35)32-23-27(25-11-5-2-6-12-25)21-31(33,28-15-9-4-10-16-28)22-30(32)26-13-7-3-8-14-26/h2-20,22,27,33H,21,23H2,1H3/t27?,31-/m1/s1. The Kier molecular flexibility index (Phi) is 6.52. The molecule has 5 heteroatoms. The van der Waals surface area contributed by atoms with Crippen molar-refractivity contribution in [1.82, 2.24) is 4.31 Å². The highest BCUT2D eigenvalue weighted by Gasteiger charge is 2.40. The van der Waals surface area contributed by atoms with Crippen molar-refractivity contribution in [3.8, 4) is 0 Å². The third-order valence-corrected chi connectivity index (χ3v) is 8.61. The van der Waals surface area contributed by atoms with Crippen molar-refractivity contribution in [1.29, 1.82) is 0 Å². The maximum absolute atomic E-state index is 14.2. The average molecular weight is 496 g/mol. The molecule has 1 aliphatic heterocycles. The van der Waals surface area contributed by atoms with Crippen LogP contribution >= 0.6 is 0 Å². The lowest BCUT2D eigenvalue weighted by Crippen LogP contribution is -2.33. The molecule has 1 heterocycles. The highest BCUT2D eigenvalue weighted by atomic mass is 32.2. The topological polar surface area (TPSA) is 57.6 Å². The van der Waals surface area contributed by atoms with Crippen LogP contribution in [0.4, 0.5) is 0 Å². The monoisotopic (exact) mass is 495 g/mol. The number of sulfonamides is 1. The number of benzene rings is 4. The van der Waals surface area contributed by atoms with E-state index in [1.165, 1.54) is 4.31 Å². The zero-order chi connectivity index (χ0) is 25.2. The molecule has 0 spiro atoms. The molecule has 4 aromatic rings. The minimum atomic E-state index is -3.92. The molecule has 0 saturated heterocycles. The van der Waals surface area contributed by atoms with Gasteiger partial charge in [-0.3, -0.25) is 4.31 Å². The summed E-state index contributed by atoms with van der Waals surface area (Å²) in [4.78, 5) is 0.229. The molecule has 0 aromatic heterocycles. The normalized spacial score (nSPS) is 20.4. The first-order chi connectivity index (χ1) is 17.4. The first kappa shape index (κ1) is 24.0. The number of aryl methyl sites for hydroxylation is 1. The molecular weight excluding hydrogens is 466 g/mol. The zero-order valence-corrected chi connectivity index (χ0v) is 21.0. The third kappa shape index (κ3) is 4.72. The molecule has 1 unspecified atom stereocenters. The van der Waals surface area contributed by atoms with Gasteiger partial charge in [0, 0.05) is 12.5 Å². The van der Waals surface area contributed by atoms with Crippen molar-refractivity contribution in [3.63, 3.8) is 0 Å². The summed E-state index contributed by atoms with van der Waals surface area (Å²) in [6, 6.07) is 35.7. The van der Waals surface area contributed by atoms with Gasteiger partial charge in [-0.1, -0.05) is 109 Å². The van der Waals surface area contributed by atoms with Gasteiger partial charge in [-0.25, -0.2) is 8.42 Å². The lowest BCUT2D eigenvalue weighted by atomic mass is 9.82. The van der Waals surface area contributed by atoms with Crippen molar-refractivity contribution in [2.45, 2.75) is 29.8 Å². The van der Waals surface area contributed by atoms with E-state index in [-0.39, 0.29) is 17.4 Å². The van der Waals surface area contributed by atoms with Gasteiger partial charge in [0.05, 0.1) is 10.6 Å². The Morgan fingerprint density at radius 1 is 0.778 bits per heavy atom. The van der Waals surface area contributed by atoms with Crippen LogP contribution in [-0.4, -0.2) is 24.4 Å². The number of hydrogen-bond donors (Lipinski definition) is 1. The van der Waals surface area contributed by atoms with Crippen LogP contribution in [0.5, 0.6) is 0 Å². The van der Waals surface area contributed by atoms with Gasteiger partial charge < -0.3 is 5.11 Å². The van der Waals surface area contributed by atoms with E-state index in [9.17, 15) is 13.5 Å². The average Bonchev–Trinajstić information content (AvgIpc) is 3.08. The largest absolute Gasteiger partial charge is 0.381 e. The Bertz CT molecular complexity index is 1450. The Labute approximate surface area is 213 Å². The van der Waals surface area contributed by atoms with E-state index in [1.807, 2.05) is 110 Å². The molecular formula is C31H29NO3S. The highest BCUT2D eigenvalue weighted by molar-refractivity contribution is 7.89. The second-order valence-electron chi connectivity index (χ2n) is 9.35. The summed E-state index contributed by atoms with van der Waals surface area (Å²) in [5, 5.41) is 12.2. The number of aliphatic hydroxyl groups is 1. The predicted octanol–water partition coefficient (Wildman–Crippen LogP) is 6.10. The zero-order valence-electron chi connectivity index (χ0n) is 20.2. The lowest BCUT2D eigenvalue weighted by Gasteiger charge is -2.29. The molecule has 0 fully saturated rings.